The van der Waals surface area contributed by atoms with Gasteiger partial charge in [-0.05, 0) is 44.2 Å². The first kappa shape index (κ1) is 13.5. The van der Waals surface area contributed by atoms with Crippen LogP contribution in [-0.2, 0) is 6.42 Å². The van der Waals surface area contributed by atoms with Gasteiger partial charge in [-0.2, -0.15) is 0 Å². The van der Waals surface area contributed by atoms with Crippen molar-refractivity contribution in [2.24, 2.45) is 0 Å². The van der Waals surface area contributed by atoms with Gasteiger partial charge in [-0.25, -0.2) is 9.97 Å². The summed E-state index contributed by atoms with van der Waals surface area (Å²) in [6.07, 6.45) is 2.63. The molecule has 4 nitrogen and oxygen atoms in total. The van der Waals surface area contributed by atoms with Gasteiger partial charge in [-0.1, -0.05) is 12.1 Å². The average Bonchev–Trinajstić information content (AvgIpc) is 2.42. The molecule has 0 saturated carbocycles. The molecule has 0 fully saturated rings. The predicted molar refractivity (Wildman–Crippen MR) is 78.9 cm³/mol. The number of likely N-dealkylation sites (N-methyl/N-ethyl adjacent to an activating group) is 1. The first-order valence-electron chi connectivity index (χ1n) is 6.50. The summed E-state index contributed by atoms with van der Waals surface area (Å²) in [7, 11) is 1.93. The minimum absolute atomic E-state index is 0.832. The number of hydrogen-bond donors (Lipinski definition) is 2. The largest absolute Gasteiger partial charge is 0.340 e. The van der Waals surface area contributed by atoms with E-state index in [0.717, 1.165) is 30.3 Å². The number of aryl methyl sites for hydroxylation is 1. The van der Waals surface area contributed by atoms with E-state index in [4.69, 9.17) is 0 Å². The molecule has 0 atom stereocenters. The van der Waals surface area contributed by atoms with Crippen molar-refractivity contribution < 1.29 is 0 Å². The Hall–Kier alpha value is -1.94. The van der Waals surface area contributed by atoms with Crippen LogP contribution in [0.2, 0.25) is 0 Å². The molecule has 2 aromatic rings. The van der Waals surface area contributed by atoms with E-state index in [-0.39, 0.29) is 0 Å². The van der Waals surface area contributed by atoms with Crippen molar-refractivity contribution in [1.82, 2.24) is 15.3 Å². The van der Waals surface area contributed by atoms with Crippen LogP contribution < -0.4 is 10.6 Å². The van der Waals surface area contributed by atoms with Crippen LogP contribution in [0.3, 0.4) is 0 Å². The third-order valence-electron chi connectivity index (χ3n) is 3.17. The van der Waals surface area contributed by atoms with Gasteiger partial charge in [0.2, 0.25) is 0 Å². The topological polar surface area (TPSA) is 49.8 Å². The molecule has 100 valence electrons. The van der Waals surface area contributed by atoms with Crippen molar-refractivity contribution in [3.63, 3.8) is 0 Å². The minimum atomic E-state index is 0.832. The normalized spacial score (nSPS) is 10.5. The van der Waals surface area contributed by atoms with E-state index >= 15 is 0 Å². The predicted octanol–water partition coefficient (Wildman–Crippen LogP) is 2.60. The molecule has 0 spiro atoms. The Kier molecular flexibility index (Phi) is 4.47. The number of anilines is 2. The van der Waals surface area contributed by atoms with Crippen LogP contribution in [-0.4, -0.2) is 23.6 Å². The van der Waals surface area contributed by atoms with Crippen LogP contribution in [0.5, 0.6) is 0 Å². The summed E-state index contributed by atoms with van der Waals surface area (Å²) < 4.78 is 0. The van der Waals surface area contributed by atoms with Gasteiger partial charge < -0.3 is 10.6 Å². The zero-order valence-electron chi connectivity index (χ0n) is 11.7. The maximum atomic E-state index is 4.51. The standard InChI is InChI=1S/C15H20N4/c1-11-5-4-6-13(12(11)2)18-15-8-10-17-14(19-15)7-9-16-3/h4-6,8,10,16H,7,9H2,1-3H3,(H,17,18,19). The van der Waals surface area contributed by atoms with Gasteiger partial charge in [0.25, 0.3) is 0 Å². The van der Waals surface area contributed by atoms with Gasteiger partial charge in [0.15, 0.2) is 0 Å². The summed E-state index contributed by atoms with van der Waals surface area (Å²) >= 11 is 0. The maximum Gasteiger partial charge on any atom is 0.134 e. The fourth-order valence-corrected chi connectivity index (χ4v) is 1.85. The molecule has 2 rings (SSSR count). The second-order valence-corrected chi connectivity index (χ2v) is 4.58. The van der Waals surface area contributed by atoms with Gasteiger partial charge in [-0.15, -0.1) is 0 Å². The van der Waals surface area contributed by atoms with Crippen LogP contribution in [0.25, 0.3) is 0 Å². The number of aromatic nitrogens is 2. The van der Waals surface area contributed by atoms with Gasteiger partial charge in [0, 0.05) is 24.8 Å². The summed E-state index contributed by atoms with van der Waals surface area (Å²) in [6, 6.07) is 8.12. The molecule has 0 bridgehead atoms. The Morgan fingerprint density at radius 3 is 2.79 bits per heavy atom. The molecule has 0 unspecified atom stereocenters. The van der Waals surface area contributed by atoms with Gasteiger partial charge in [0.1, 0.15) is 11.6 Å². The quantitative estimate of drug-likeness (QED) is 0.863. The summed E-state index contributed by atoms with van der Waals surface area (Å²) in [5.41, 5.74) is 3.62. The molecule has 0 saturated heterocycles. The lowest BCUT2D eigenvalue weighted by Crippen LogP contribution is -2.12. The van der Waals surface area contributed by atoms with E-state index in [1.165, 1.54) is 11.1 Å². The Bertz CT molecular complexity index is 552. The van der Waals surface area contributed by atoms with Crippen molar-refractivity contribution in [3.8, 4) is 0 Å². The number of nitrogens with zero attached hydrogens (tertiary/aromatic N) is 2. The van der Waals surface area contributed by atoms with Crippen molar-refractivity contribution in [2.45, 2.75) is 20.3 Å². The molecule has 0 aliphatic heterocycles. The monoisotopic (exact) mass is 256 g/mol. The van der Waals surface area contributed by atoms with E-state index < -0.39 is 0 Å². The molecule has 1 heterocycles. The third kappa shape index (κ3) is 3.51. The Labute approximate surface area is 114 Å². The van der Waals surface area contributed by atoms with Crippen LogP contribution in [0.15, 0.2) is 30.5 Å². The minimum Gasteiger partial charge on any atom is -0.340 e. The fourth-order valence-electron chi connectivity index (χ4n) is 1.85. The van der Waals surface area contributed by atoms with Crippen molar-refractivity contribution >= 4 is 11.5 Å². The van der Waals surface area contributed by atoms with Crippen LogP contribution in [0.4, 0.5) is 11.5 Å². The molecule has 1 aromatic heterocycles. The molecule has 0 amide bonds. The first-order valence-corrected chi connectivity index (χ1v) is 6.50. The van der Waals surface area contributed by atoms with Gasteiger partial charge in [-0.3, -0.25) is 0 Å². The molecule has 19 heavy (non-hydrogen) atoms. The van der Waals surface area contributed by atoms with Crippen molar-refractivity contribution in [3.05, 3.63) is 47.4 Å². The van der Waals surface area contributed by atoms with E-state index in [1.54, 1.807) is 6.20 Å². The van der Waals surface area contributed by atoms with Gasteiger partial charge in [0.05, 0.1) is 0 Å². The molecule has 2 N–H and O–H groups in total. The Morgan fingerprint density at radius 1 is 1.16 bits per heavy atom. The third-order valence-corrected chi connectivity index (χ3v) is 3.17. The van der Waals surface area contributed by atoms with Crippen molar-refractivity contribution in [2.75, 3.05) is 18.9 Å². The number of nitrogens with one attached hydrogen (secondary N) is 2. The van der Waals surface area contributed by atoms with E-state index in [9.17, 15) is 0 Å². The smallest absolute Gasteiger partial charge is 0.134 e. The number of rotatable bonds is 5. The summed E-state index contributed by atoms with van der Waals surface area (Å²) in [4.78, 5) is 8.78. The van der Waals surface area contributed by atoms with E-state index in [2.05, 4.69) is 46.6 Å². The highest BCUT2D eigenvalue weighted by Gasteiger charge is 2.03. The highest BCUT2D eigenvalue weighted by Crippen LogP contribution is 2.21. The highest BCUT2D eigenvalue weighted by molar-refractivity contribution is 5.61. The van der Waals surface area contributed by atoms with Crippen LogP contribution in [0.1, 0.15) is 17.0 Å². The van der Waals surface area contributed by atoms with Gasteiger partial charge >= 0.3 is 0 Å². The molecule has 0 aliphatic rings. The zero-order valence-corrected chi connectivity index (χ0v) is 11.7. The lowest BCUT2D eigenvalue weighted by molar-refractivity contribution is 0.756. The maximum absolute atomic E-state index is 4.51. The van der Waals surface area contributed by atoms with E-state index in [1.807, 2.05) is 19.2 Å². The number of hydrogen-bond acceptors (Lipinski definition) is 4. The Balaban J connectivity index is 2.16. The summed E-state index contributed by atoms with van der Waals surface area (Å²) in [6.45, 7) is 5.10. The molecule has 1 aromatic carbocycles. The SMILES string of the molecule is CNCCc1nccc(Nc2cccc(C)c2C)n1. The second kappa shape index (κ2) is 6.29. The first-order chi connectivity index (χ1) is 9.20. The zero-order chi connectivity index (χ0) is 13.7. The highest BCUT2D eigenvalue weighted by atomic mass is 15.0. The van der Waals surface area contributed by atoms with Crippen LogP contribution in [0, 0.1) is 13.8 Å². The molecule has 0 aliphatic carbocycles. The second-order valence-electron chi connectivity index (χ2n) is 4.58. The lowest BCUT2D eigenvalue weighted by Gasteiger charge is -2.11. The Morgan fingerprint density at radius 2 is 2.00 bits per heavy atom. The lowest BCUT2D eigenvalue weighted by atomic mass is 10.1. The molecular formula is C15H20N4. The molecular weight excluding hydrogens is 236 g/mol. The average molecular weight is 256 g/mol. The van der Waals surface area contributed by atoms with Crippen molar-refractivity contribution in [1.29, 1.82) is 0 Å². The van der Waals surface area contributed by atoms with Crippen LogP contribution >= 0.6 is 0 Å². The number of benzene rings is 1. The molecule has 4 heteroatoms. The molecule has 0 radical (unpaired) electrons. The summed E-state index contributed by atoms with van der Waals surface area (Å²) in [5.74, 6) is 1.69. The summed E-state index contributed by atoms with van der Waals surface area (Å²) in [5, 5.41) is 6.46. The fraction of sp³-hybridized carbons (Fsp3) is 0.333. The van der Waals surface area contributed by atoms with E-state index in [0.29, 0.717) is 0 Å².